The number of hydrogen-bond donors (Lipinski definition) is 2. The van der Waals surface area contributed by atoms with E-state index in [9.17, 15) is 0 Å². The highest BCUT2D eigenvalue weighted by Crippen LogP contribution is 2.31. The SMILES string of the molecule is COCC(C)Nc1ncnc(Oc2ccc(Cl)c(C)c2)c1N. The van der Waals surface area contributed by atoms with E-state index in [0.717, 1.165) is 5.56 Å². The van der Waals surface area contributed by atoms with E-state index >= 15 is 0 Å². The van der Waals surface area contributed by atoms with Gasteiger partial charge in [-0.1, -0.05) is 11.6 Å². The summed E-state index contributed by atoms with van der Waals surface area (Å²) in [5.74, 6) is 1.42. The molecule has 1 atom stereocenters. The molecule has 118 valence electrons. The smallest absolute Gasteiger partial charge is 0.248 e. The van der Waals surface area contributed by atoms with Crippen molar-refractivity contribution in [1.29, 1.82) is 0 Å². The maximum atomic E-state index is 6.06. The molecule has 0 aliphatic carbocycles. The van der Waals surface area contributed by atoms with E-state index in [1.165, 1.54) is 6.33 Å². The Morgan fingerprint density at radius 2 is 2.14 bits per heavy atom. The summed E-state index contributed by atoms with van der Waals surface area (Å²) in [6.45, 7) is 4.40. The van der Waals surface area contributed by atoms with Gasteiger partial charge in [0.15, 0.2) is 5.82 Å². The third-order valence-electron chi connectivity index (χ3n) is 2.99. The third kappa shape index (κ3) is 3.99. The van der Waals surface area contributed by atoms with Crippen LogP contribution in [0.5, 0.6) is 11.6 Å². The van der Waals surface area contributed by atoms with Crippen LogP contribution in [0.4, 0.5) is 11.5 Å². The number of hydrogen-bond acceptors (Lipinski definition) is 6. The fourth-order valence-electron chi connectivity index (χ4n) is 1.89. The van der Waals surface area contributed by atoms with Crippen molar-refractivity contribution in [2.24, 2.45) is 0 Å². The molecule has 0 aliphatic heterocycles. The second-order valence-electron chi connectivity index (χ2n) is 4.95. The number of aromatic nitrogens is 2. The number of nitrogen functional groups attached to an aromatic ring is 1. The molecule has 0 bridgehead atoms. The molecule has 2 rings (SSSR count). The van der Waals surface area contributed by atoms with Gasteiger partial charge in [-0.2, -0.15) is 4.98 Å². The van der Waals surface area contributed by atoms with Crippen molar-refractivity contribution in [2.75, 3.05) is 24.8 Å². The zero-order valence-corrected chi connectivity index (χ0v) is 13.5. The van der Waals surface area contributed by atoms with Crippen LogP contribution < -0.4 is 15.8 Å². The van der Waals surface area contributed by atoms with Gasteiger partial charge < -0.3 is 20.5 Å². The largest absolute Gasteiger partial charge is 0.437 e. The summed E-state index contributed by atoms with van der Waals surface area (Å²) < 4.78 is 10.8. The first-order valence-corrected chi connectivity index (χ1v) is 7.19. The number of aryl methyl sites for hydroxylation is 1. The quantitative estimate of drug-likeness (QED) is 0.849. The van der Waals surface area contributed by atoms with Crippen LogP contribution in [0.2, 0.25) is 5.02 Å². The fourth-order valence-corrected chi connectivity index (χ4v) is 2.01. The van der Waals surface area contributed by atoms with Gasteiger partial charge in [-0.25, -0.2) is 4.98 Å². The van der Waals surface area contributed by atoms with E-state index in [-0.39, 0.29) is 6.04 Å². The lowest BCUT2D eigenvalue weighted by Gasteiger charge is -2.16. The van der Waals surface area contributed by atoms with E-state index < -0.39 is 0 Å². The fraction of sp³-hybridized carbons (Fsp3) is 0.333. The van der Waals surface area contributed by atoms with Crippen LogP contribution in [0.15, 0.2) is 24.5 Å². The number of ether oxygens (including phenoxy) is 2. The Hall–Kier alpha value is -2.05. The zero-order chi connectivity index (χ0) is 16.1. The van der Waals surface area contributed by atoms with Crippen LogP contribution in [0, 0.1) is 6.92 Å². The minimum Gasteiger partial charge on any atom is -0.437 e. The lowest BCUT2D eigenvalue weighted by molar-refractivity contribution is 0.190. The first kappa shape index (κ1) is 16.3. The second-order valence-corrected chi connectivity index (χ2v) is 5.36. The topological polar surface area (TPSA) is 82.3 Å². The summed E-state index contributed by atoms with van der Waals surface area (Å²) in [5.41, 5.74) is 7.33. The summed E-state index contributed by atoms with van der Waals surface area (Å²) in [6, 6.07) is 5.42. The molecule has 0 fully saturated rings. The molecule has 2 aromatic rings. The van der Waals surface area contributed by atoms with Crippen molar-refractivity contribution in [3.8, 4) is 11.6 Å². The molecule has 1 aromatic heterocycles. The van der Waals surface area contributed by atoms with Crippen LogP contribution in [0.1, 0.15) is 12.5 Å². The average molecular weight is 323 g/mol. The van der Waals surface area contributed by atoms with Crippen molar-refractivity contribution < 1.29 is 9.47 Å². The van der Waals surface area contributed by atoms with Crippen LogP contribution >= 0.6 is 11.6 Å². The molecule has 0 saturated carbocycles. The predicted octanol–water partition coefficient (Wildman–Crippen LogP) is 3.26. The summed E-state index contributed by atoms with van der Waals surface area (Å²) in [7, 11) is 1.64. The summed E-state index contributed by atoms with van der Waals surface area (Å²) in [6.07, 6.45) is 1.40. The maximum absolute atomic E-state index is 6.06. The molecule has 0 amide bonds. The molecule has 1 aromatic carbocycles. The monoisotopic (exact) mass is 322 g/mol. The molecule has 22 heavy (non-hydrogen) atoms. The Kier molecular flexibility index (Phi) is 5.41. The minimum absolute atomic E-state index is 0.0628. The molecule has 7 heteroatoms. The van der Waals surface area contributed by atoms with Crippen molar-refractivity contribution >= 4 is 23.1 Å². The van der Waals surface area contributed by atoms with E-state index in [1.54, 1.807) is 19.2 Å². The number of nitrogens with zero attached hydrogens (tertiary/aromatic N) is 2. The number of rotatable bonds is 6. The molecule has 0 radical (unpaired) electrons. The lowest BCUT2D eigenvalue weighted by Crippen LogP contribution is -2.22. The number of nitrogens with one attached hydrogen (secondary N) is 1. The number of benzene rings is 1. The van der Waals surface area contributed by atoms with E-state index in [4.69, 9.17) is 26.8 Å². The highest BCUT2D eigenvalue weighted by Gasteiger charge is 2.12. The van der Waals surface area contributed by atoms with Crippen molar-refractivity contribution in [1.82, 2.24) is 9.97 Å². The first-order valence-electron chi connectivity index (χ1n) is 6.81. The Morgan fingerprint density at radius 3 is 2.82 bits per heavy atom. The standard InChI is InChI=1S/C15H19ClN4O2/c1-9-6-11(4-5-12(9)16)22-15-13(17)14(18-8-19-15)20-10(2)7-21-3/h4-6,8,10H,7,17H2,1-3H3,(H,18,19,20). The minimum atomic E-state index is 0.0628. The Balaban J connectivity index is 2.19. The van der Waals surface area contributed by atoms with Crippen molar-refractivity contribution in [3.63, 3.8) is 0 Å². The molecule has 0 saturated heterocycles. The molecule has 1 unspecified atom stereocenters. The highest BCUT2D eigenvalue weighted by molar-refractivity contribution is 6.31. The van der Waals surface area contributed by atoms with Crippen molar-refractivity contribution in [3.05, 3.63) is 35.1 Å². The Labute approximate surface area is 134 Å². The van der Waals surface area contributed by atoms with Gasteiger partial charge in [0.05, 0.1) is 6.61 Å². The summed E-state index contributed by atoms with van der Waals surface area (Å²) >= 11 is 6.00. The zero-order valence-electron chi connectivity index (χ0n) is 12.8. The Bertz CT molecular complexity index is 651. The average Bonchev–Trinajstić information content (AvgIpc) is 2.47. The molecule has 6 nitrogen and oxygen atoms in total. The maximum Gasteiger partial charge on any atom is 0.248 e. The van der Waals surface area contributed by atoms with Gasteiger partial charge in [0.25, 0.3) is 0 Å². The number of methoxy groups -OCH3 is 1. The van der Waals surface area contributed by atoms with Gasteiger partial charge in [0.1, 0.15) is 17.8 Å². The molecular weight excluding hydrogens is 304 g/mol. The Morgan fingerprint density at radius 1 is 1.36 bits per heavy atom. The van der Waals surface area contributed by atoms with Gasteiger partial charge in [-0.05, 0) is 37.6 Å². The van der Waals surface area contributed by atoms with Crippen LogP contribution in [0.25, 0.3) is 0 Å². The molecule has 3 N–H and O–H groups in total. The third-order valence-corrected chi connectivity index (χ3v) is 3.42. The summed E-state index contributed by atoms with van der Waals surface area (Å²) in [5, 5.41) is 3.83. The van der Waals surface area contributed by atoms with Gasteiger partial charge in [0, 0.05) is 18.2 Å². The normalized spacial score (nSPS) is 12.0. The van der Waals surface area contributed by atoms with Gasteiger partial charge in [-0.3, -0.25) is 0 Å². The van der Waals surface area contributed by atoms with E-state index in [2.05, 4.69) is 15.3 Å². The van der Waals surface area contributed by atoms with E-state index in [1.807, 2.05) is 19.9 Å². The molecular formula is C15H19ClN4O2. The highest BCUT2D eigenvalue weighted by atomic mass is 35.5. The number of nitrogens with two attached hydrogens (primary N) is 1. The predicted molar refractivity (Wildman–Crippen MR) is 87.7 cm³/mol. The van der Waals surface area contributed by atoms with Crippen LogP contribution in [-0.2, 0) is 4.74 Å². The first-order chi connectivity index (χ1) is 10.5. The van der Waals surface area contributed by atoms with Gasteiger partial charge in [-0.15, -0.1) is 0 Å². The van der Waals surface area contributed by atoms with Crippen LogP contribution in [0.3, 0.4) is 0 Å². The van der Waals surface area contributed by atoms with Crippen molar-refractivity contribution in [2.45, 2.75) is 19.9 Å². The van der Waals surface area contributed by atoms with Crippen LogP contribution in [-0.4, -0.2) is 29.7 Å². The number of anilines is 2. The number of halogens is 1. The lowest BCUT2D eigenvalue weighted by atomic mass is 10.2. The van der Waals surface area contributed by atoms with Gasteiger partial charge in [0.2, 0.25) is 5.88 Å². The summed E-state index contributed by atoms with van der Waals surface area (Å²) in [4.78, 5) is 8.21. The second kappa shape index (κ2) is 7.29. The van der Waals surface area contributed by atoms with Gasteiger partial charge >= 0.3 is 0 Å². The molecule has 1 heterocycles. The van der Waals surface area contributed by atoms with E-state index in [0.29, 0.717) is 34.8 Å². The molecule has 0 spiro atoms. The molecule has 0 aliphatic rings.